The number of hydrogen-bond donors (Lipinski definition) is 3. The summed E-state index contributed by atoms with van der Waals surface area (Å²) in [6.07, 6.45) is 0. The Labute approximate surface area is 156 Å². The minimum absolute atomic E-state index is 0.206. The first-order valence-corrected chi connectivity index (χ1v) is 8.10. The van der Waals surface area contributed by atoms with Crippen molar-refractivity contribution in [3.8, 4) is 0 Å². The number of nitrogens with zero attached hydrogens (tertiary/aromatic N) is 1. The van der Waals surface area contributed by atoms with E-state index in [1.807, 2.05) is 0 Å². The molecule has 0 aliphatic heterocycles. The standard InChI is InChI=1S/C17H11Cl2N3O4/c18-9-6-11-12(7-10(9)19)21-15(23)14(20-11)16(24)22-13(17(25)26)8-4-2-1-3-5-8/h1-7,13H,(H,21,23)(H,22,24)(H,25,26). The quantitative estimate of drug-likeness (QED) is 0.632. The molecule has 0 radical (unpaired) electrons. The number of carbonyl (C=O) groups is 2. The van der Waals surface area contributed by atoms with E-state index in [0.29, 0.717) is 11.1 Å². The van der Waals surface area contributed by atoms with Gasteiger partial charge in [-0.1, -0.05) is 53.5 Å². The van der Waals surface area contributed by atoms with Gasteiger partial charge in [0, 0.05) is 0 Å². The number of aliphatic carboxylic acids is 1. The molecule has 1 atom stereocenters. The van der Waals surface area contributed by atoms with Crippen molar-refractivity contribution in [2.24, 2.45) is 0 Å². The van der Waals surface area contributed by atoms with E-state index in [1.165, 1.54) is 12.1 Å². The molecule has 1 aromatic heterocycles. The van der Waals surface area contributed by atoms with Gasteiger partial charge in [0.1, 0.15) is 0 Å². The second-order valence-corrected chi connectivity index (χ2v) is 6.17. The van der Waals surface area contributed by atoms with Gasteiger partial charge < -0.3 is 15.4 Å². The predicted octanol–water partition coefficient (Wildman–Crippen LogP) is 2.79. The topological polar surface area (TPSA) is 112 Å². The van der Waals surface area contributed by atoms with Crippen molar-refractivity contribution in [3.63, 3.8) is 0 Å². The van der Waals surface area contributed by atoms with Crippen LogP contribution in [-0.4, -0.2) is 27.0 Å². The zero-order valence-electron chi connectivity index (χ0n) is 13.0. The van der Waals surface area contributed by atoms with Crippen LogP contribution in [0.3, 0.4) is 0 Å². The molecule has 1 unspecified atom stereocenters. The Kier molecular flexibility index (Phi) is 4.92. The van der Waals surface area contributed by atoms with Gasteiger partial charge in [0.15, 0.2) is 11.7 Å². The second kappa shape index (κ2) is 7.15. The van der Waals surface area contributed by atoms with Crippen molar-refractivity contribution < 1.29 is 14.7 Å². The predicted molar refractivity (Wildman–Crippen MR) is 96.7 cm³/mol. The average molecular weight is 392 g/mol. The summed E-state index contributed by atoms with van der Waals surface area (Å²) in [5, 5.41) is 12.1. The van der Waals surface area contributed by atoms with Crippen LogP contribution in [0, 0.1) is 0 Å². The zero-order valence-corrected chi connectivity index (χ0v) is 14.5. The summed E-state index contributed by atoms with van der Waals surface area (Å²) in [6.45, 7) is 0. The van der Waals surface area contributed by atoms with Gasteiger partial charge in [-0.05, 0) is 17.7 Å². The molecule has 3 rings (SSSR count). The highest BCUT2D eigenvalue weighted by atomic mass is 35.5. The summed E-state index contributed by atoms with van der Waals surface area (Å²) < 4.78 is 0. The SMILES string of the molecule is O=C(NC(C(=O)O)c1ccccc1)c1nc2cc(Cl)c(Cl)cc2[nH]c1=O. The normalized spacial score (nSPS) is 11.9. The maximum Gasteiger partial charge on any atom is 0.330 e. The molecular weight excluding hydrogens is 381 g/mol. The third-order valence-electron chi connectivity index (χ3n) is 3.60. The molecule has 9 heteroatoms. The highest BCUT2D eigenvalue weighted by Crippen LogP contribution is 2.25. The molecule has 1 amide bonds. The van der Waals surface area contributed by atoms with Gasteiger partial charge in [-0.15, -0.1) is 0 Å². The van der Waals surface area contributed by atoms with E-state index in [1.54, 1.807) is 30.3 Å². The van der Waals surface area contributed by atoms with Gasteiger partial charge >= 0.3 is 5.97 Å². The minimum atomic E-state index is -1.32. The third-order valence-corrected chi connectivity index (χ3v) is 4.33. The van der Waals surface area contributed by atoms with E-state index in [2.05, 4.69) is 15.3 Å². The zero-order chi connectivity index (χ0) is 18.8. The van der Waals surface area contributed by atoms with E-state index in [-0.39, 0.29) is 15.6 Å². The van der Waals surface area contributed by atoms with Crippen molar-refractivity contribution >= 4 is 46.1 Å². The van der Waals surface area contributed by atoms with E-state index < -0.39 is 29.2 Å². The second-order valence-electron chi connectivity index (χ2n) is 5.35. The number of benzene rings is 2. The molecule has 3 aromatic rings. The number of carbonyl (C=O) groups excluding carboxylic acids is 1. The number of aromatic nitrogens is 2. The molecule has 132 valence electrons. The first-order chi connectivity index (χ1) is 12.4. The molecule has 3 N–H and O–H groups in total. The monoisotopic (exact) mass is 391 g/mol. The van der Waals surface area contributed by atoms with Crippen LogP contribution in [-0.2, 0) is 4.79 Å². The molecule has 1 heterocycles. The Morgan fingerprint density at radius 3 is 2.42 bits per heavy atom. The fourth-order valence-corrected chi connectivity index (χ4v) is 2.69. The molecule has 0 bridgehead atoms. The number of carboxylic acids is 1. The van der Waals surface area contributed by atoms with Crippen LogP contribution in [0.4, 0.5) is 0 Å². The summed E-state index contributed by atoms with van der Waals surface area (Å²) in [6, 6.07) is 9.60. The minimum Gasteiger partial charge on any atom is -0.479 e. The van der Waals surface area contributed by atoms with Gasteiger partial charge in [-0.3, -0.25) is 9.59 Å². The first-order valence-electron chi connectivity index (χ1n) is 7.34. The van der Waals surface area contributed by atoms with Crippen molar-refractivity contribution in [2.45, 2.75) is 6.04 Å². The molecule has 2 aromatic carbocycles. The Morgan fingerprint density at radius 2 is 1.77 bits per heavy atom. The van der Waals surface area contributed by atoms with Crippen LogP contribution in [0.2, 0.25) is 10.0 Å². The number of halogens is 2. The molecule has 0 fully saturated rings. The van der Waals surface area contributed by atoms with Gasteiger partial charge in [0.25, 0.3) is 11.5 Å². The molecule has 0 aliphatic carbocycles. The first kappa shape index (κ1) is 17.9. The molecule has 0 aliphatic rings. The Hall–Kier alpha value is -2.90. The van der Waals surface area contributed by atoms with Crippen LogP contribution >= 0.6 is 23.2 Å². The molecule has 0 saturated carbocycles. The number of H-pyrrole nitrogens is 1. The fourth-order valence-electron chi connectivity index (χ4n) is 2.37. The summed E-state index contributed by atoms with van der Waals surface area (Å²) in [7, 11) is 0. The van der Waals surface area contributed by atoms with Crippen molar-refractivity contribution in [1.29, 1.82) is 0 Å². The summed E-state index contributed by atoms with van der Waals surface area (Å²) in [4.78, 5) is 42.6. The number of fused-ring (bicyclic) bond motifs is 1. The van der Waals surface area contributed by atoms with E-state index in [0.717, 1.165) is 0 Å². The smallest absolute Gasteiger partial charge is 0.330 e. The number of rotatable bonds is 4. The third kappa shape index (κ3) is 3.54. The fraction of sp³-hybridized carbons (Fsp3) is 0.0588. The Balaban J connectivity index is 1.99. The van der Waals surface area contributed by atoms with Crippen LogP contribution in [0.5, 0.6) is 0 Å². The van der Waals surface area contributed by atoms with Crippen LogP contribution < -0.4 is 10.9 Å². The Bertz CT molecular complexity index is 1070. The van der Waals surface area contributed by atoms with Crippen molar-refractivity contribution in [1.82, 2.24) is 15.3 Å². The Morgan fingerprint density at radius 1 is 1.12 bits per heavy atom. The number of nitrogens with one attached hydrogen (secondary N) is 2. The summed E-state index contributed by atoms with van der Waals surface area (Å²) in [5.41, 5.74) is -0.335. The van der Waals surface area contributed by atoms with E-state index >= 15 is 0 Å². The maximum atomic E-state index is 12.4. The molecule has 0 saturated heterocycles. The highest BCUT2D eigenvalue weighted by Gasteiger charge is 2.25. The summed E-state index contributed by atoms with van der Waals surface area (Å²) in [5.74, 6) is -2.19. The summed E-state index contributed by atoms with van der Waals surface area (Å²) >= 11 is 11.8. The number of amides is 1. The maximum absolute atomic E-state index is 12.4. The highest BCUT2D eigenvalue weighted by molar-refractivity contribution is 6.42. The lowest BCUT2D eigenvalue weighted by atomic mass is 10.1. The van der Waals surface area contributed by atoms with Crippen molar-refractivity contribution in [2.75, 3.05) is 0 Å². The number of aromatic amines is 1. The molecule has 26 heavy (non-hydrogen) atoms. The van der Waals surface area contributed by atoms with E-state index in [9.17, 15) is 19.5 Å². The lowest BCUT2D eigenvalue weighted by Crippen LogP contribution is -2.37. The average Bonchev–Trinajstić information content (AvgIpc) is 2.61. The number of hydrogen-bond acceptors (Lipinski definition) is 4. The van der Waals surface area contributed by atoms with Crippen LogP contribution in [0.1, 0.15) is 22.1 Å². The largest absolute Gasteiger partial charge is 0.479 e. The van der Waals surface area contributed by atoms with Crippen LogP contribution in [0.15, 0.2) is 47.3 Å². The molecule has 0 spiro atoms. The lowest BCUT2D eigenvalue weighted by Gasteiger charge is -2.14. The van der Waals surface area contributed by atoms with E-state index in [4.69, 9.17) is 23.2 Å². The van der Waals surface area contributed by atoms with Crippen LogP contribution in [0.25, 0.3) is 11.0 Å². The van der Waals surface area contributed by atoms with Gasteiger partial charge in [0.2, 0.25) is 0 Å². The molecule has 7 nitrogen and oxygen atoms in total. The van der Waals surface area contributed by atoms with Crippen molar-refractivity contribution in [3.05, 3.63) is 74.1 Å². The van der Waals surface area contributed by atoms with Gasteiger partial charge in [-0.2, -0.15) is 0 Å². The van der Waals surface area contributed by atoms with Gasteiger partial charge in [-0.25, -0.2) is 9.78 Å². The molecular formula is C17H11Cl2N3O4. The lowest BCUT2D eigenvalue weighted by molar-refractivity contribution is -0.139. The van der Waals surface area contributed by atoms with Gasteiger partial charge in [0.05, 0.1) is 21.1 Å². The number of carboxylic acid groups (broad SMARTS) is 1.